The van der Waals surface area contributed by atoms with Gasteiger partial charge < -0.3 is 10.6 Å². The number of benzene rings is 2. The Balaban J connectivity index is 1.76. The minimum Gasteiger partial charge on any atom is -0.378 e. The molecule has 0 unspecified atom stereocenters. The van der Waals surface area contributed by atoms with E-state index < -0.39 is 0 Å². The molecular formula is C20H18Cl2N2O. The molecule has 2 N–H and O–H groups in total. The van der Waals surface area contributed by atoms with E-state index >= 15 is 0 Å². The van der Waals surface area contributed by atoms with Crippen LogP contribution in [0.25, 0.3) is 0 Å². The van der Waals surface area contributed by atoms with Crippen molar-refractivity contribution in [1.82, 2.24) is 0 Å². The van der Waals surface area contributed by atoms with Crippen LogP contribution in [-0.4, -0.2) is 5.91 Å². The minimum absolute atomic E-state index is 0.0641. The molecule has 0 saturated carbocycles. The normalized spacial score (nSPS) is 23.6. The van der Waals surface area contributed by atoms with Crippen LogP contribution in [0.3, 0.4) is 0 Å². The van der Waals surface area contributed by atoms with Gasteiger partial charge >= 0.3 is 0 Å². The number of rotatable bonds is 2. The van der Waals surface area contributed by atoms with Gasteiger partial charge in [0, 0.05) is 24.2 Å². The van der Waals surface area contributed by atoms with E-state index in [1.807, 2.05) is 30.3 Å². The molecule has 0 radical (unpaired) electrons. The van der Waals surface area contributed by atoms with E-state index in [1.54, 1.807) is 0 Å². The number of anilines is 2. The number of allylic oxidation sites excluding steroid dienone is 2. The quantitative estimate of drug-likeness (QED) is 0.656. The maximum atomic E-state index is 11.3. The van der Waals surface area contributed by atoms with Gasteiger partial charge in [0.2, 0.25) is 5.91 Å². The minimum atomic E-state index is -0.0641. The lowest BCUT2D eigenvalue weighted by Crippen LogP contribution is -2.29. The summed E-state index contributed by atoms with van der Waals surface area (Å²) in [5.41, 5.74) is 4.14. The summed E-state index contributed by atoms with van der Waals surface area (Å²) < 4.78 is 0. The standard InChI is InChI=1S/C20H18Cl2N2O/c1-11(25)23-12-8-9-18-16(10-12)13-4-2-5-14(13)20(24-18)15-6-3-7-17(21)19(15)22/h2-4,6-10,13-14,20,24H,5H2,1H3,(H,23,25)/t13-,14+,20+/m0/s1. The van der Waals surface area contributed by atoms with Crippen LogP contribution in [0.15, 0.2) is 48.6 Å². The number of nitrogens with one attached hydrogen (secondary N) is 2. The van der Waals surface area contributed by atoms with Crippen molar-refractivity contribution in [2.24, 2.45) is 5.92 Å². The smallest absolute Gasteiger partial charge is 0.221 e. The predicted octanol–water partition coefficient (Wildman–Crippen LogP) is 5.78. The van der Waals surface area contributed by atoms with Crippen LogP contribution in [0.5, 0.6) is 0 Å². The largest absolute Gasteiger partial charge is 0.378 e. The van der Waals surface area contributed by atoms with Crippen LogP contribution in [0.4, 0.5) is 11.4 Å². The molecule has 0 aromatic heterocycles. The highest BCUT2D eigenvalue weighted by Gasteiger charge is 2.38. The van der Waals surface area contributed by atoms with Crippen molar-refractivity contribution in [2.75, 3.05) is 10.6 Å². The van der Waals surface area contributed by atoms with E-state index in [9.17, 15) is 4.79 Å². The molecule has 4 rings (SSSR count). The third-order valence-electron chi connectivity index (χ3n) is 5.00. The van der Waals surface area contributed by atoms with Crippen LogP contribution >= 0.6 is 23.2 Å². The maximum absolute atomic E-state index is 11.3. The molecule has 0 fully saturated rings. The topological polar surface area (TPSA) is 41.1 Å². The average Bonchev–Trinajstić information content (AvgIpc) is 3.06. The van der Waals surface area contributed by atoms with Crippen LogP contribution < -0.4 is 10.6 Å². The van der Waals surface area contributed by atoms with E-state index in [2.05, 4.69) is 28.9 Å². The Labute approximate surface area is 157 Å². The number of amides is 1. The van der Waals surface area contributed by atoms with E-state index in [1.165, 1.54) is 12.5 Å². The molecule has 0 bridgehead atoms. The first-order chi connectivity index (χ1) is 12.0. The second-order valence-corrected chi connectivity index (χ2v) is 7.39. The van der Waals surface area contributed by atoms with E-state index in [0.29, 0.717) is 21.9 Å². The number of hydrogen-bond acceptors (Lipinski definition) is 2. The van der Waals surface area contributed by atoms with Crippen LogP contribution in [0.2, 0.25) is 10.0 Å². The molecule has 5 heteroatoms. The maximum Gasteiger partial charge on any atom is 0.221 e. The van der Waals surface area contributed by atoms with Gasteiger partial charge in [-0.2, -0.15) is 0 Å². The molecule has 3 nitrogen and oxygen atoms in total. The number of carbonyl (C=O) groups is 1. The van der Waals surface area contributed by atoms with Crippen LogP contribution in [0, 0.1) is 5.92 Å². The molecule has 1 amide bonds. The summed E-state index contributed by atoms with van der Waals surface area (Å²) >= 11 is 12.7. The van der Waals surface area contributed by atoms with Crippen molar-refractivity contribution in [3.8, 4) is 0 Å². The number of halogens is 2. The highest BCUT2D eigenvalue weighted by atomic mass is 35.5. The second kappa shape index (κ2) is 6.40. The fourth-order valence-electron chi connectivity index (χ4n) is 3.94. The highest BCUT2D eigenvalue weighted by Crippen LogP contribution is 2.51. The molecule has 1 aliphatic carbocycles. The molecule has 25 heavy (non-hydrogen) atoms. The Hall–Kier alpha value is -1.97. The van der Waals surface area contributed by atoms with E-state index in [-0.39, 0.29) is 11.9 Å². The van der Waals surface area contributed by atoms with E-state index in [4.69, 9.17) is 23.2 Å². The number of fused-ring (bicyclic) bond motifs is 3. The first-order valence-corrected chi connectivity index (χ1v) is 9.09. The fourth-order valence-corrected chi connectivity index (χ4v) is 4.37. The van der Waals surface area contributed by atoms with Gasteiger partial charge in [-0.15, -0.1) is 0 Å². The van der Waals surface area contributed by atoms with Gasteiger partial charge in [0.1, 0.15) is 0 Å². The zero-order valence-electron chi connectivity index (χ0n) is 13.7. The Kier molecular flexibility index (Phi) is 4.22. The molecule has 1 aliphatic heterocycles. The van der Waals surface area contributed by atoms with Crippen molar-refractivity contribution >= 4 is 40.5 Å². The Morgan fingerprint density at radius 2 is 2.04 bits per heavy atom. The van der Waals surface area contributed by atoms with Crippen molar-refractivity contribution in [3.63, 3.8) is 0 Å². The predicted molar refractivity (Wildman–Crippen MR) is 104 cm³/mol. The lowest BCUT2D eigenvalue weighted by Gasteiger charge is -2.38. The molecule has 2 aromatic rings. The van der Waals surface area contributed by atoms with Gasteiger partial charge in [-0.1, -0.05) is 47.5 Å². The summed E-state index contributed by atoms with van der Waals surface area (Å²) in [7, 11) is 0. The molecule has 1 heterocycles. The summed E-state index contributed by atoms with van der Waals surface area (Å²) in [6.07, 6.45) is 5.46. The number of hydrogen-bond donors (Lipinski definition) is 2. The first-order valence-electron chi connectivity index (χ1n) is 8.33. The summed E-state index contributed by atoms with van der Waals surface area (Å²) in [5, 5.41) is 7.70. The summed E-state index contributed by atoms with van der Waals surface area (Å²) in [5.74, 6) is 0.604. The van der Waals surface area contributed by atoms with Crippen molar-refractivity contribution in [3.05, 3.63) is 69.7 Å². The number of carbonyl (C=O) groups excluding carboxylic acids is 1. The van der Waals surface area contributed by atoms with Crippen LogP contribution in [-0.2, 0) is 4.79 Å². The zero-order chi connectivity index (χ0) is 17.6. The molecule has 128 valence electrons. The van der Waals surface area contributed by atoms with Crippen molar-refractivity contribution in [2.45, 2.75) is 25.3 Å². The first kappa shape index (κ1) is 16.5. The Morgan fingerprint density at radius 3 is 2.84 bits per heavy atom. The summed E-state index contributed by atoms with van der Waals surface area (Å²) in [6, 6.07) is 11.9. The summed E-state index contributed by atoms with van der Waals surface area (Å²) in [4.78, 5) is 11.3. The molecule has 2 aromatic carbocycles. The lowest BCUT2D eigenvalue weighted by molar-refractivity contribution is -0.114. The Bertz CT molecular complexity index is 878. The zero-order valence-corrected chi connectivity index (χ0v) is 15.2. The van der Waals surface area contributed by atoms with Gasteiger partial charge in [0.25, 0.3) is 0 Å². The molecule has 3 atom stereocenters. The molecule has 0 spiro atoms. The van der Waals surface area contributed by atoms with Gasteiger partial charge in [0.15, 0.2) is 0 Å². The Morgan fingerprint density at radius 1 is 1.20 bits per heavy atom. The lowest BCUT2D eigenvalue weighted by atomic mass is 9.77. The van der Waals surface area contributed by atoms with Gasteiger partial charge in [0.05, 0.1) is 16.1 Å². The third-order valence-corrected chi connectivity index (χ3v) is 5.83. The highest BCUT2D eigenvalue weighted by molar-refractivity contribution is 6.42. The van der Waals surface area contributed by atoms with Crippen LogP contribution in [0.1, 0.15) is 36.4 Å². The second-order valence-electron chi connectivity index (χ2n) is 6.60. The molecular weight excluding hydrogens is 355 g/mol. The van der Waals surface area contributed by atoms with E-state index in [0.717, 1.165) is 23.4 Å². The monoisotopic (exact) mass is 372 g/mol. The molecule has 2 aliphatic rings. The van der Waals surface area contributed by atoms with Gasteiger partial charge in [-0.25, -0.2) is 0 Å². The molecule has 0 saturated heterocycles. The van der Waals surface area contributed by atoms with Crippen molar-refractivity contribution < 1.29 is 4.79 Å². The average molecular weight is 373 g/mol. The third kappa shape index (κ3) is 2.92. The fraction of sp³-hybridized carbons (Fsp3) is 0.250. The summed E-state index contributed by atoms with van der Waals surface area (Å²) in [6.45, 7) is 1.52. The SMILES string of the molecule is CC(=O)Nc1ccc2c(c1)[C@H]1C=CC[C@H]1[C@H](c1cccc(Cl)c1Cl)N2. The van der Waals surface area contributed by atoms with Gasteiger partial charge in [-0.3, -0.25) is 4.79 Å². The van der Waals surface area contributed by atoms with Gasteiger partial charge in [-0.05, 0) is 47.7 Å². The van der Waals surface area contributed by atoms with Crippen molar-refractivity contribution in [1.29, 1.82) is 0 Å².